The number of alkyl halides is 3. The third-order valence-electron chi connectivity index (χ3n) is 7.40. The average Bonchev–Trinajstić information content (AvgIpc) is 2.94. The van der Waals surface area contributed by atoms with Gasteiger partial charge in [-0.15, -0.1) is 13.2 Å². The van der Waals surface area contributed by atoms with Crippen LogP contribution in [0.15, 0.2) is 60.8 Å². The lowest BCUT2D eigenvalue weighted by atomic mass is 9.89. The number of non-ortho nitro benzene ring substituents is 1. The smallest absolute Gasteiger partial charge is 0.406 e. The molecule has 40 heavy (non-hydrogen) atoms. The summed E-state index contributed by atoms with van der Waals surface area (Å²) in [5, 5.41) is 18.3. The maximum atomic E-state index is 12.7. The number of ether oxygens (including phenoxy) is 1. The second-order valence-electron chi connectivity index (χ2n) is 10.2. The van der Waals surface area contributed by atoms with Gasteiger partial charge in [-0.3, -0.25) is 10.1 Å². The fraction of sp³-hybridized carbons (Fsp3) is 0.429. The predicted octanol–water partition coefficient (Wildman–Crippen LogP) is 5.93. The molecule has 0 unspecified atom stereocenters. The normalized spacial score (nSPS) is 21.6. The number of hydrogen-bond donors (Lipinski definition) is 2. The molecule has 0 bridgehead atoms. The Balaban J connectivity index is 1.24. The van der Waals surface area contributed by atoms with Crippen LogP contribution in [0.3, 0.4) is 0 Å². The van der Waals surface area contributed by atoms with Gasteiger partial charge in [0, 0.05) is 60.8 Å². The molecule has 5 rings (SSSR count). The number of piperidine rings is 1. The molecule has 1 aromatic heterocycles. The summed E-state index contributed by atoms with van der Waals surface area (Å²) in [5.74, 6) is 0.124. The number of halogens is 3. The van der Waals surface area contributed by atoms with Crippen LogP contribution in [0.4, 0.5) is 30.5 Å². The maximum absolute atomic E-state index is 12.7. The number of nitro benzene ring substituents is 1. The van der Waals surface area contributed by atoms with E-state index in [-0.39, 0.29) is 34.5 Å². The van der Waals surface area contributed by atoms with Crippen LogP contribution in [0.1, 0.15) is 38.5 Å². The second kappa shape index (κ2) is 12.1. The lowest BCUT2D eigenvalue weighted by Crippen LogP contribution is -2.55. The fourth-order valence-electron chi connectivity index (χ4n) is 5.55. The fourth-order valence-corrected chi connectivity index (χ4v) is 5.55. The van der Waals surface area contributed by atoms with Gasteiger partial charge in [-0.1, -0.05) is 25.0 Å². The maximum Gasteiger partial charge on any atom is 0.573 e. The van der Waals surface area contributed by atoms with Gasteiger partial charge in [0.15, 0.2) is 0 Å². The van der Waals surface area contributed by atoms with Crippen molar-refractivity contribution in [2.75, 3.05) is 23.3 Å². The van der Waals surface area contributed by atoms with Crippen LogP contribution in [0.5, 0.6) is 5.75 Å². The molecular formula is C28H31F3N6O3. The molecule has 0 amide bonds. The first kappa shape index (κ1) is 27.6. The van der Waals surface area contributed by atoms with E-state index in [9.17, 15) is 23.3 Å². The van der Waals surface area contributed by atoms with Crippen molar-refractivity contribution in [3.8, 4) is 17.0 Å². The van der Waals surface area contributed by atoms with Crippen molar-refractivity contribution in [1.29, 1.82) is 0 Å². The number of nitro groups is 1. The Labute approximate surface area is 229 Å². The number of benzene rings is 2. The van der Waals surface area contributed by atoms with E-state index in [1.54, 1.807) is 42.6 Å². The van der Waals surface area contributed by atoms with Gasteiger partial charge in [0.2, 0.25) is 5.95 Å². The zero-order chi connectivity index (χ0) is 28.1. The molecule has 1 aliphatic carbocycles. The van der Waals surface area contributed by atoms with Gasteiger partial charge in [0.25, 0.3) is 5.69 Å². The van der Waals surface area contributed by atoms with Crippen LogP contribution in [0, 0.1) is 10.1 Å². The van der Waals surface area contributed by atoms with Crippen LogP contribution in [-0.4, -0.2) is 52.5 Å². The second-order valence-corrected chi connectivity index (χ2v) is 10.2. The van der Waals surface area contributed by atoms with Gasteiger partial charge in [-0.05, 0) is 56.0 Å². The lowest BCUT2D eigenvalue weighted by Gasteiger charge is -2.40. The Morgan fingerprint density at radius 3 is 2.52 bits per heavy atom. The number of aromatic nitrogens is 2. The van der Waals surface area contributed by atoms with Crippen molar-refractivity contribution in [1.82, 2.24) is 15.3 Å². The van der Waals surface area contributed by atoms with Crippen LogP contribution in [-0.2, 0) is 0 Å². The minimum atomic E-state index is -4.77. The third-order valence-corrected chi connectivity index (χ3v) is 7.40. The highest BCUT2D eigenvalue weighted by Gasteiger charge is 2.32. The first-order valence-electron chi connectivity index (χ1n) is 13.4. The highest BCUT2D eigenvalue weighted by Crippen LogP contribution is 2.29. The van der Waals surface area contributed by atoms with Crippen molar-refractivity contribution in [2.24, 2.45) is 0 Å². The minimum absolute atomic E-state index is 0.0835. The number of rotatable bonds is 8. The van der Waals surface area contributed by atoms with E-state index < -0.39 is 6.36 Å². The minimum Gasteiger partial charge on any atom is -0.406 e. The molecule has 12 heteroatoms. The lowest BCUT2D eigenvalue weighted by molar-refractivity contribution is -0.384. The Morgan fingerprint density at radius 2 is 1.77 bits per heavy atom. The number of nitrogens with zero attached hydrogens (tertiary/aromatic N) is 4. The first-order chi connectivity index (χ1) is 19.2. The van der Waals surface area contributed by atoms with Crippen molar-refractivity contribution < 1.29 is 22.8 Å². The monoisotopic (exact) mass is 556 g/mol. The number of nitrogens with one attached hydrogen (secondary N) is 2. The quantitative estimate of drug-likeness (QED) is 0.260. The SMILES string of the molecule is O=[N+]([O-])c1ccc(N2CCC[C@H](N[C@@H]3CCCC[C@H]3Nc3nccc(-c4cccc(OC(F)(F)F)c4)n3)C2)cc1. The van der Waals surface area contributed by atoms with Gasteiger partial charge in [-0.2, -0.15) is 0 Å². The first-order valence-corrected chi connectivity index (χ1v) is 13.4. The molecule has 0 spiro atoms. The zero-order valence-electron chi connectivity index (χ0n) is 21.8. The Kier molecular flexibility index (Phi) is 8.34. The van der Waals surface area contributed by atoms with Crippen LogP contribution in [0.25, 0.3) is 11.3 Å². The molecule has 0 radical (unpaired) electrons. The highest BCUT2D eigenvalue weighted by molar-refractivity contribution is 5.62. The summed E-state index contributed by atoms with van der Waals surface area (Å²) < 4.78 is 42.0. The average molecular weight is 557 g/mol. The van der Waals surface area contributed by atoms with Crippen LogP contribution in [0.2, 0.25) is 0 Å². The van der Waals surface area contributed by atoms with E-state index in [0.717, 1.165) is 57.3 Å². The van der Waals surface area contributed by atoms with E-state index >= 15 is 0 Å². The van der Waals surface area contributed by atoms with Gasteiger partial charge >= 0.3 is 6.36 Å². The highest BCUT2D eigenvalue weighted by atomic mass is 19.4. The standard InChI is InChI=1S/C28H31F3N6O3/c29-28(30,31)40-23-7-3-5-19(17-23)24-14-15-32-27(34-24)35-26-9-2-1-8-25(26)33-20-6-4-16-36(18-20)21-10-12-22(13-11-21)37(38)39/h3,5,7,10-15,17,20,25-26,33H,1-2,4,6,8-9,16,18H2,(H,32,34,35)/t20-,25+,26+/m0/s1. The third kappa shape index (κ3) is 7.17. The van der Waals surface area contributed by atoms with E-state index in [4.69, 9.17) is 0 Å². The topological polar surface area (TPSA) is 105 Å². The molecule has 2 fully saturated rings. The van der Waals surface area contributed by atoms with E-state index in [2.05, 4.69) is 30.2 Å². The zero-order valence-corrected chi connectivity index (χ0v) is 21.8. The molecule has 9 nitrogen and oxygen atoms in total. The Morgan fingerprint density at radius 1 is 1.00 bits per heavy atom. The predicted molar refractivity (Wildman–Crippen MR) is 145 cm³/mol. The summed E-state index contributed by atoms with van der Waals surface area (Å²) in [6.07, 6.45) is 3.01. The molecule has 3 aromatic rings. The van der Waals surface area contributed by atoms with Gasteiger partial charge in [0.1, 0.15) is 5.75 Å². The summed E-state index contributed by atoms with van der Waals surface area (Å²) in [7, 11) is 0. The van der Waals surface area contributed by atoms with Crippen molar-refractivity contribution >= 4 is 17.3 Å². The van der Waals surface area contributed by atoms with Crippen molar-refractivity contribution in [2.45, 2.75) is 63.0 Å². The molecular weight excluding hydrogens is 525 g/mol. The number of anilines is 2. The summed E-state index contributed by atoms with van der Waals surface area (Å²) in [4.78, 5) is 21.8. The Bertz CT molecular complexity index is 1310. The molecule has 2 aliphatic rings. The molecule has 2 heterocycles. The van der Waals surface area contributed by atoms with Crippen LogP contribution < -0.4 is 20.3 Å². The van der Waals surface area contributed by atoms with Gasteiger partial charge < -0.3 is 20.3 Å². The van der Waals surface area contributed by atoms with Crippen molar-refractivity contribution in [3.05, 3.63) is 70.9 Å². The largest absolute Gasteiger partial charge is 0.573 e. The molecule has 2 N–H and O–H groups in total. The Hall–Kier alpha value is -3.93. The summed E-state index contributed by atoms with van der Waals surface area (Å²) in [6, 6.07) is 14.7. The van der Waals surface area contributed by atoms with Gasteiger partial charge in [0.05, 0.1) is 10.6 Å². The summed E-state index contributed by atoms with van der Waals surface area (Å²) in [5.41, 5.74) is 2.06. The number of hydrogen-bond acceptors (Lipinski definition) is 8. The molecule has 2 aromatic carbocycles. The van der Waals surface area contributed by atoms with Crippen LogP contribution >= 0.6 is 0 Å². The molecule has 1 aliphatic heterocycles. The van der Waals surface area contributed by atoms with Gasteiger partial charge in [-0.25, -0.2) is 9.97 Å². The van der Waals surface area contributed by atoms with E-state index in [1.165, 1.54) is 18.2 Å². The molecule has 212 valence electrons. The summed E-state index contributed by atoms with van der Waals surface area (Å²) in [6.45, 7) is 1.71. The van der Waals surface area contributed by atoms with Crippen molar-refractivity contribution in [3.63, 3.8) is 0 Å². The molecule has 1 saturated carbocycles. The van der Waals surface area contributed by atoms with E-state index in [1.807, 2.05) is 0 Å². The summed E-state index contributed by atoms with van der Waals surface area (Å²) >= 11 is 0. The van der Waals surface area contributed by atoms with E-state index in [0.29, 0.717) is 17.2 Å². The molecule has 3 atom stereocenters. The molecule has 1 saturated heterocycles.